The largest absolute Gasteiger partial charge is 0.480 e. The quantitative estimate of drug-likeness (QED) is 0.612. The minimum absolute atomic E-state index is 0.0453. The van der Waals surface area contributed by atoms with Crippen LogP contribution in [-0.2, 0) is 9.53 Å². The van der Waals surface area contributed by atoms with Gasteiger partial charge in [0.15, 0.2) is 0 Å². The second-order valence-electron chi connectivity index (χ2n) is 5.63. The number of carbonyl (C=O) groups is 2. The summed E-state index contributed by atoms with van der Waals surface area (Å²) in [4.78, 5) is 24.5. The molecule has 21 heavy (non-hydrogen) atoms. The second kappa shape index (κ2) is 8.19. The molecule has 7 heteroatoms. The number of carboxylic acids is 1. The van der Waals surface area contributed by atoms with Crippen molar-refractivity contribution in [1.82, 2.24) is 15.5 Å². The Balaban J connectivity index is 2.28. The van der Waals surface area contributed by atoms with Gasteiger partial charge in [-0.3, -0.25) is 9.69 Å². The Morgan fingerprint density at radius 3 is 2.48 bits per heavy atom. The molecule has 0 radical (unpaired) electrons. The van der Waals surface area contributed by atoms with Crippen LogP contribution < -0.4 is 10.6 Å². The number of aliphatic carboxylic acids is 1. The molecule has 2 amide bonds. The molecule has 0 aromatic carbocycles. The summed E-state index contributed by atoms with van der Waals surface area (Å²) >= 11 is 0. The van der Waals surface area contributed by atoms with Crippen LogP contribution in [0, 0.1) is 0 Å². The minimum Gasteiger partial charge on any atom is -0.480 e. The van der Waals surface area contributed by atoms with E-state index in [0.29, 0.717) is 6.54 Å². The maximum Gasteiger partial charge on any atom is 0.317 e. The third-order valence-electron chi connectivity index (χ3n) is 4.14. The van der Waals surface area contributed by atoms with E-state index in [1.165, 1.54) is 0 Å². The summed E-state index contributed by atoms with van der Waals surface area (Å²) < 4.78 is 5.15. The molecule has 0 aliphatic heterocycles. The van der Waals surface area contributed by atoms with Gasteiger partial charge in [0.1, 0.15) is 0 Å². The Bertz CT molecular complexity index is 358. The summed E-state index contributed by atoms with van der Waals surface area (Å²) in [5, 5.41) is 14.6. The standard InChI is InChI=1S/C14H27N3O4/c1-5-17(8-13(18)19)12-6-11(7-12)16-14(20)15-9(2)10(3)21-4/h9-12H,5-8H2,1-4H3,(H,18,19)(H2,15,16,20)/t9-,10?,11?,12?/m1/s1. The number of ether oxygens (including phenoxy) is 1. The van der Waals surface area contributed by atoms with Crippen molar-refractivity contribution >= 4 is 12.0 Å². The van der Waals surface area contributed by atoms with E-state index in [4.69, 9.17) is 9.84 Å². The number of likely N-dealkylation sites (N-methyl/N-ethyl adjacent to an activating group) is 1. The number of nitrogens with one attached hydrogen (secondary N) is 2. The smallest absolute Gasteiger partial charge is 0.317 e. The molecule has 1 saturated carbocycles. The number of amides is 2. The van der Waals surface area contributed by atoms with Gasteiger partial charge in [-0.2, -0.15) is 0 Å². The summed E-state index contributed by atoms with van der Waals surface area (Å²) in [5.41, 5.74) is 0. The molecule has 0 aromatic rings. The molecular formula is C14H27N3O4. The zero-order valence-electron chi connectivity index (χ0n) is 13.3. The topological polar surface area (TPSA) is 90.9 Å². The highest BCUT2D eigenvalue weighted by molar-refractivity contribution is 5.74. The summed E-state index contributed by atoms with van der Waals surface area (Å²) in [7, 11) is 1.61. The molecule has 2 atom stereocenters. The van der Waals surface area contributed by atoms with Gasteiger partial charge in [0, 0.05) is 19.2 Å². The molecule has 0 saturated heterocycles. The fourth-order valence-corrected chi connectivity index (χ4v) is 2.43. The number of hydrogen-bond donors (Lipinski definition) is 3. The van der Waals surface area contributed by atoms with Crippen molar-refractivity contribution < 1.29 is 19.4 Å². The third-order valence-corrected chi connectivity index (χ3v) is 4.14. The molecule has 0 heterocycles. The van der Waals surface area contributed by atoms with Crippen LogP contribution in [0.4, 0.5) is 4.79 Å². The Morgan fingerprint density at radius 2 is 2.00 bits per heavy atom. The van der Waals surface area contributed by atoms with E-state index in [9.17, 15) is 9.59 Å². The molecule has 1 fully saturated rings. The van der Waals surface area contributed by atoms with Crippen LogP contribution in [0.25, 0.3) is 0 Å². The van der Waals surface area contributed by atoms with Crippen molar-refractivity contribution in [1.29, 1.82) is 0 Å². The molecule has 122 valence electrons. The lowest BCUT2D eigenvalue weighted by Gasteiger charge is -2.42. The highest BCUT2D eigenvalue weighted by Gasteiger charge is 2.34. The first kappa shape index (κ1) is 17.7. The van der Waals surface area contributed by atoms with Crippen molar-refractivity contribution in [3.63, 3.8) is 0 Å². The maximum absolute atomic E-state index is 11.8. The van der Waals surface area contributed by atoms with E-state index >= 15 is 0 Å². The highest BCUT2D eigenvalue weighted by atomic mass is 16.5. The van der Waals surface area contributed by atoms with Crippen LogP contribution in [0.2, 0.25) is 0 Å². The van der Waals surface area contributed by atoms with E-state index in [0.717, 1.165) is 12.8 Å². The van der Waals surface area contributed by atoms with Gasteiger partial charge < -0.3 is 20.5 Å². The zero-order valence-corrected chi connectivity index (χ0v) is 13.3. The van der Waals surface area contributed by atoms with Gasteiger partial charge in [0.25, 0.3) is 0 Å². The van der Waals surface area contributed by atoms with Crippen LogP contribution in [0.15, 0.2) is 0 Å². The lowest BCUT2D eigenvalue weighted by molar-refractivity contribution is -0.139. The monoisotopic (exact) mass is 301 g/mol. The van der Waals surface area contributed by atoms with Crippen molar-refractivity contribution in [2.45, 2.75) is 57.8 Å². The molecule has 0 aromatic heterocycles. The molecule has 7 nitrogen and oxygen atoms in total. The maximum atomic E-state index is 11.8. The Morgan fingerprint density at radius 1 is 1.38 bits per heavy atom. The first-order chi connectivity index (χ1) is 9.87. The van der Waals surface area contributed by atoms with Gasteiger partial charge in [0.2, 0.25) is 0 Å². The van der Waals surface area contributed by atoms with Crippen molar-refractivity contribution in [3.05, 3.63) is 0 Å². The van der Waals surface area contributed by atoms with Gasteiger partial charge in [-0.25, -0.2) is 4.79 Å². The van der Waals surface area contributed by atoms with E-state index in [1.54, 1.807) is 7.11 Å². The molecule has 1 aliphatic rings. The van der Waals surface area contributed by atoms with E-state index in [-0.39, 0.29) is 36.8 Å². The lowest BCUT2D eigenvalue weighted by Crippen LogP contribution is -2.57. The molecule has 1 rings (SSSR count). The average Bonchev–Trinajstić information content (AvgIpc) is 2.38. The van der Waals surface area contributed by atoms with Crippen molar-refractivity contribution in [2.24, 2.45) is 0 Å². The van der Waals surface area contributed by atoms with Crippen LogP contribution in [0.3, 0.4) is 0 Å². The SMILES string of the molecule is CCN(CC(=O)O)C1CC(NC(=O)N[C@H](C)C(C)OC)C1. The number of carbonyl (C=O) groups excluding carboxylic acids is 1. The first-order valence-corrected chi connectivity index (χ1v) is 7.43. The highest BCUT2D eigenvalue weighted by Crippen LogP contribution is 2.25. The van der Waals surface area contributed by atoms with Gasteiger partial charge in [0.05, 0.1) is 18.7 Å². The normalized spacial score (nSPS) is 24.0. The summed E-state index contributed by atoms with van der Waals surface area (Å²) in [5.74, 6) is -0.812. The van der Waals surface area contributed by atoms with Gasteiger partial charge in [-0.1, -0.05) is 6.92 Å². The fraction of sp³-hybridized carbons (Fsp3) is 0.857. The molecule has 0 spiro atoms. The van der Waals surface area contributed by atoms with Gasteiger partial charge >= 0.3 is 12.0 Å². The van der Waals surface area contributed by atoms with Crippen molar-refractivity contribution in [2.75, 3.05) is 20.2 Å². The number of nitrogens with zero attached hydrogens (tertiary/aromatic N) is 1. The zero-order chi connectivity index (χ0) is 16.0. The molecule has 0 bridgehead atoms. The van der Waals surface area contributed by atoms with Crippen molar-refractivity contribution in [3.8, 4) is 0 Å². The number of carboxylic acid groups (broad SMARTS) is 1. The average molecular weight is 301 g/mol. The summed E-state index contributed by atoms with van der Waals surface area (Å²) in [6, 6.07) is 0.0933. The molecule has 1 aliphatic carbocycles. The second-order valence-corrected chi connectivity index (χ2v) is 5.63. The van der Waals surface area contributed by atoms with Gasteiger partial charge in [-0.15, -0.1) is 0 Å². The van der Waals surface area contributed by atoms with Crippen LogP contribution in [-0.4, -0.2) is 66.4 Å². The first-order valence-electron chi connectivity index (χ1n) is 7.43. The molecule has 1 unspecified atom stereocenters. The van der Waals surface area contributed by atoms with E-state index in [2.05, 4.69) is 10.6 Å². The van der Waals surface area contributed by atoms with E-state index < -0.39 is 5.97 Å². The number of hydrogen-bond acceptors (Lipinski definition) is 4. The number of urea groups is 1. The van der Waals surface area contributed by atoms with Crippen LogP contribution >= 0.6 is 0 Å². The van der Waals surface area contributed by atoms with Crippen LogP contribution in [0.5, 0.6) is 0 Å². The minimum atomic E-state index is -0.812. The predicted molar refractivity (Wildman–Crippen MR) is 79.3 cm³/mol. The predicted octanol–water partition coefficient (Wildman–Crippen LogP) is 0.647. The number of methoxy groups -OCH3 is 1. The Hall–Kier alpha value is -1.34. The summed E-state index contributed by atoms with van der Waals surface area (Å²) in [6.45, 7) is 6.50. The molecule has 3 N–H and O–H groups in total. The fourth-order valence-electron chi connectivity index (χ4n) is 2.43. The lowest BCUT2D eigenvalue weighted by atomic mass is 9.85. The molecular weight excluding hydrogens is 274 g/mol. The Kier molecular flexibility index (Phi) is 6.91. The van der Waals surface area contributed by atoms with E-state index in [1.807, 2.05) is 25.7 Å². The third kappa shape index (κ3) is 5.51. The Labute approximate surface area is 126 Å². The number of rotatable bonds is 8. The van der Waals surface area contributed by atoms with Crippen LogP contribution in [0.1, 0.15) is 33.6 Å². The van der Waals surface area contributed by atoms with Gasteiger partial charge in [-0.05, 0) is 33.2 Å². The summed E-state index contributed by atoms with van der Waals surface area (Å²) in [6.07, 6.45) is 1.54.